The summed E-state index contributed by atoms with van der Waals surface area (Å²) >= 11 is 3.06. The second kappa shape index (κ2) is 7.63. The number of halogens is 3. The van der Waals surface area contributed by atoms with Crippen molar-refractivity contribution in [1.82, 2.24) is 0 Å². The molecule has 0 spiro atoms. The monoisotopic (exact) mass is 325 g/mol. The number of benzene rings is 1. The molecule has 0 aliphatic carbocycles. The van der Waals surface area contributed by atoms with Crippen LogP contribution in [0.3, 0.4) is 0 Å². The van der Waals surface area contributed by atoms with Gasteiger partial charge in [-0.1, -0.05) is 12.1 Å². The highest BCUT2D eigenvalue weighted by molar-refractivity contribution is 9.10. The molecule has 0 heterocycles. The van der Waals surface area contributed by atoms with E-state index >= 15 is 0 Å². The quantitative estimate of drug-likeness (QED) is 0.866. The van der Waals surface area contributed by atoms with Crippen molar-refractivity contribution in [2.24, 2.45) is 5.73 Å². The summed E-state index contributed by atoms with van der Waals surface area (Å²) in [5.41, 5.74) is 6.04. The van der Waals surface area contributed by atoms with Gasteiger partial charge in [0.25, 0.3) is 0 Å². The lowest BCUT2D eigenvalue weighted by atomic mass is 10.0. The Bertz CT molecular complexity index is 390. The van der Waals surface area contributed by atoms with Gasteiger partial charge in [0.2, 0.25) is 0 Å². The molecular formula is C11H14BrClFNO2. The zero-order valence-electron chi connectivity index (χ0n) is 9.28. The van der Waals surface area contributed by atoms with E-state index in [0.29, 0.717) is 16.6 Å². The first kappa shape index (κ1) is 16.4. The van der Waals surface area contributed by atoms with Crippen LogP contribution in [-0.4, -0.2) is 12.6 Å². The highest BCUT2D eigenvalue weighted by atomic mass is 79.9. The molecule has 0 bridgehead atoms. The van der Waals surface area contributed by atoms with E-state index in [0.717, 1.165) is 0 Å². The van der Waals surface area contributed by atoms with Crippen molar-refractivity contribution in [2.45, 2.75) is 19.4 Å². The molecule has 0 fully saturated rings. The normalized spacial score (nSPS) is 11.5. The van der Waals surface area contributed by atoms with E-state index in [1.807, 2.05) is 0 Å². The highest BCUT2D eigenvalue weighted by Crippen LogP contribution is 2.24. The van der Waals surface area contributed by atoms with Crippen molar-refractivity contribution in [3.05, 3.63) is 34.1 Å². The summed E-state index contributed by atoms with van der Waals surface area (Å²) in [6, 6.07) is 4.13. The van der Waals surface area contributed by atoms with Crippen LogP contribution in [0.2, 0.25) is 0 Å². The summed E-state index contributed by atoms with van der Waals surface area (Å²) in [6.07, 6.45) is -0.0266. The molecule has 0 aliphatic heterocycles. The minimum atomic E-state index is -0.684. The predicted molar refractivity (Wildman–Crippen MR) is 69.5 cm³/mol. The minimum absolute atomic E-state index is 0. The largest absolute Gasteiger partial charge is 0.466 e. The number of hydrogen-bond donors (Lipinski definition) is 1. The van der Waals surface area contributed by atoms with Gasteiger partial charge in [-0.05, 0) is 28.9 Å². The van der Waals surface area contributed by atoms with Crippen LogP contribution in [0.15, 0.2) is 22.7 Å². The van der Waals surface area contributed by atoms with Gasteiger partial charge >= 0.3 is 5.97 Å². The van der Waals surface area contributed by atoms with Crippen LogP contribution in [-0.2, 0) is 9.53 Å². The lowest BCUT2D eigenvalue weighted by Crippen LogP contribution is -2.18. The average Bonchev–Trinajstić information content (AvgIpc) is 2.22. The fraction of sp³-hybridized carbons (Fsp3) is 0.364. The van der Waals surface area contributed by atoms with E-state index in [9.17, 15) is 9.18 Å². The zero-order chi connectivity index (χ0) is 12.1. The number of carbonyl (C=O) groups excluding carboxylic acids is 1. The van der Waals surface area contributed by atoms with Crippen LogP contribution < -0.4 is 5.73 Å². The summed E-state index contributed by atoms with van der Waals surface area (Å²) in [5.74, 6) is -0.853. The topological polar surface area (TPSA) is 52.3 Å². The van der Waals surface area contributed by atoms with Gasteiger partial charge in [-0.15, -0.1) is 12.4 Å². The Hall–Kier alpha value is -0.650. The molecule has 17 heavy (non-hydrogen) atoms. The Labute approximate surface area is 114 Å². The molecule has 0 saturated heterocycles. The molecule has 0 saturated carbocycles. The van der Waals surface area contributed by atoms with E-state index in [1.54, 1.807) is 25.1 Å². The molecule has 2 N–H and O–H groups in total. The van der Waals surface area contributed by atoms with Gasteiger partial charge in [-0.2, -0.15) is 0 Å². The Morgan fingerprint density at radius 3 is 2.82 bits per heavy atom. The van der Waals surface area contributed by atoms with Crippen LogP contribution in [0.25, 0.3) is 0 Å². The fourth-order valence-electron chi connectivity index (χ4n) is 1.32. The van der Waals surface area contributed by atoms with Gasteiger partial charge in [0.05, 0.1) is 17.5 Å². The van der Waals surface area contributed by atoms with Gasteiger partial charge in [0, 0.05) is 11.6 Å². The van der Waals surface area contributed by atoms with Crippen LogP contribution in [0.5, 0.6) is 0 Å². The molecule has 0 unspecified atom stereocenters. The van der Waals surface area contributed by atoms with Crippen LogP contribution >= 0.6 is 28.3 Å². The maximum Gasteiger partial charge on any atom is 0.307 e. The first-order chi connectivity index (χ1) is 7.56. The molecule has 1 aromatic rings. The average molecular weight is 327 g/mol. The van der Waals surface area contributed by atoms with E-state index in [1.165, 1.54) is 0 Å². The van der Waals surface area contributed by atoms with Crippen molar-refractivity contribution in [3.8, 4) is 0 Å². The Kier molecular flexibility index (Phi) is 7.34. The highest BCUT2D eigenvalue weighted by Gasteiger charge is 2.17. The van der Waals surface area contributed by atoms with Gasteiger partial charge in [-0.25, -0.2) is 4.39 Å². The molecule has 1 rings (SSSR count). The maximum absolute atomic E-state index is 13.6. The number of hydrogen-bond acceptors (Lipinski definition) is 3. The van der Waals surface area contributed by atoms with Crippen molar-refractivity contribution in [2.75, 3.05) is 6.61 Å². The molecule has 1 aromatic carbocycles. The first-order valence-corrected chi connectivity index (χ1v) is 5.70. The van der Waals surface area contributed by atoms with Gasteiger partial charge in [0.1, 0.15) is 5.82 Å². The molecule has 96 valence electrons. The fourth-order valence-corrected chi connectivity index (χ4v) is 1.70. The smallest absolute Gasteiger partial charge is 0.307 e. The van der Waals surface area contributed by atoms with E-state index in [-0.39, 0.29) is 18.8 Å². The predicted octanol–water partition coefficient (Wildman–Crippen LogP) is 2.96. The van der Waals surface area contributed by atoms with Gasteiger partial charge < -0.3 is 10.5 Å². The summed E-state index contributed by atoms with van der Waals surface area (Å²) < 4.78 is 18.7. The lowest BCUT2D eigenvalue weighted by molar-refractivity contribution is -0.143. The second-order valence-corrected chi connectivity index (χ2v) is 4.11. The van der Waals surface area contributed by atoms with Crippen molar-refractivity contribution >= 4 is 34.3 Å². The summed E-state index contributed by atoms with van der Waals surface area (Å²) in [7, 11) is 0. The summed E-state index contributed by atoms with van der Waals surface area (Å²) in [6.45, 7) is 2.01. The molecule has 0 amide bonds. The summed E-state index contributed by atoms with van der Waals surface area (Å²) in [5, 5.41) is 0. The number of carbonyl (C=O) groups is 1. The number of nitrogens with two attached hydrogens (primary N) is 1. The van der Waals surface area contributed by atoms with Crippen molar-refractivity contribution in [3.63, 3.8) is 0 Å². The Morgan fingerprint density at radius 2 is 2.24 bits per heavy atom. The number of ether oxygens (including phenoxy) is 1. The second-order valence-electron chi connectivity index (χ2n) is 3.26. The van der Waals surface area contributed by atoms with Crippen molar-refractivity contribution < 1.29 is 13.9 Å². The lowest BCUT2D eigenvalue weighted by Gasteiger charge is -2.12. The van der Waals surface area contributed by atoms with Crippen molar-refractivity contribution in [1.29, 1.82) is 0 Å². The molecular weight excluding hydrogens is 312 g/mol. The van der Waals surface area contributed by atoms with Gasteiger partial charge in [0.15, 0.2) is 0 Å². The minimum Gasteiger partial charge on any atom is -0.466 e. The molecule has 6 heteroatoms. The standard InChI is InChI=1S/C11H13BrFNO2.ClH/c1-2-16-10(15)6-9(14)7-4-3-5-8(12)11(7)13;/h3-5,9H,2,6,14H2,1H3;1H/t9-;/m1./s1. The third-order valence-electron chi connectivity index (χ3n) is 2.07. The summed E-state index contributed by atoms with van der Waals surface area (Å²) in [4.78, 5) is 11.2. The third-order valence-corrected chi connectivity index (χ3v) is 2.69. The molecule has 0 aliphatic rings. The van der Waals surface area contributed by atoms with E-state index < -0.39 is 17.8 Å². The van der Waals surface area contributed by atoms with E-state index in [2.05, 4.69) is 15.9 Å². The first-order valence-electron chi connectivity index (χ1n) is 4.91. The van der Waals surface area contributed by atoms with Crippen LogP contribution in [0.1, 0.15) is 24.9 Å². The molecule has 1 atom stereocenters. The SMILES string of the molecule is CCOC(=O)C[C@@H](N)c1cccc(Br)c1F.Cl. The van der Waals surface area contributed by atoms with E-state index in [4.69, 9.17) is 10.5 Å². The molecule has 3 nitrogen and oxygen atoms in total. The maximum atomic E-state index is 13.6. The number of esters is 1. The number of rotatable bonds is 4. The van der Waals surface area contributed by atoms with Crippen LogP contribution in [0.4, 0.5) is 4.39 Å². The third kappa shape index (κ3) is 4.61. The van der Waals surface area contributed by atoms with Gasteiger partial charge in [-0.3, -0.25) is 4.79 Å². The Balaban J connectivity index is 0.00000256. The molecule has 0 radical (unpaired) electrons. The Morgan fingerprint density at radius 1 is 1.59 bits per heavy atom. The zero-order valence-corrected chi connectivity index (χ0v) is 11.7. The molecule has 0 aromatic heterocycles. The van der Waals surface area contributed by atoms with Crippen LogP contribution in [0, 0.1) is 5.82 Å².